The number of imide groups is 1. The monoisotopic (exact) mass is 345 g/mol. The van der Waals surface area contributed by atoms with Crippen molar-refractivity contribution >= 4 is 23.8 Å². The second-order valence-corrected chi connectivity index (χ2v) is 6.27. The van der Waals surface area contributed by atoms with Gasteiger partial charge in [0.05, 0.1) is 0 Å². The van der Waals surface area contributed by atoms with Gasteiger partial charge in [0, 0.05) is 0 Å². The first-order valence-electron chi connectivity index (χ1n) is 8.06. The van der Waals surface area contributed by atoms with E-state index in [1.165, 1.54) is 6.92 Å². The van der Waals surface area contributed by atoms with Crippen molar-refractivity contribution in [3.8, 4) is 0 Å². The molecule has 0 aromatic heterocycles. The minimum absolute atomic E-state index is 0.470. The molecule has 0 bridgehead atoms. The van der Waals surface area contributed by atoms with Gasteiger partial charge < -0.3 is 15.8 Å². The van der Waals surface area contributed by atoms with Gasteiger partial charge in [0.15, 0.2) is 6.10 Å². The molecule has 1 heterocycles. The van der Waals surface area contributed by atoms with Gasteiger partial charge in [0.1, 0.15) is 12.1 Å². The highest BCUT2D eigenvalue weighted by atomic mass is 16.5. The quantitative estimate of drug-likeness (QED) is 0.596. The number of carbonyl (C=O) groups excluding carboxylic acids is 4. The van der Waals surface area contributed by atoms with E-state index in [-0.39, 0.29) is 0 Å². The number of aryl methyl sites for hydroxylation is 1. The smallest absolute Gasteiger partial charge is 0.327 e. The number of primary amides is 1. The number of ether oxygens (including phenoxy) is 1. The summed E-state index contributed by atoms with van der Waals surface area (Å²) in [7, 11) is 0. The van der Waals surface area contributed by atoms with Gasteiger partial charge in [-0.25, -0.2) is 4.79 Å². The summed E-state index contributed by atoms with van der Waals surface area (Å²) in [4.78, 5) is 49.0. The average molecular weight is 345 g/mol. The Bertz CT molecular complexity index is 762. The summed E-state index contributed by atoms with van der Waals surface area (Å²) in [6.45, 7) is 0.761. The third kappa shape index (κ3) is 2.84. The van der Waals surface area contributed by atoms with E-state index in [4.69, 9.17) is 10.5 Å². The average Bonchev–Trinajstić information content (AvgIpc) is 2.80. The molecule has 1 spiro atoms. The lowest BCUT2D eigenvalue weighted by molar-refractivity contribution is -0.155. The summed E-state index contributed by atoms with van der Waals surface area (Å²) in [6.07, 6.45) is 0.925. The van der Waals surface area contributed by atoms with Crippen molar-refractivity contribution in [3.63, 3.8) is 0 Å². The maximum atomic E-state index is 13.0. The van der Waals surface area contributed by atoms with Crippen LogP contribution in [0, 0.1) is 0 Å². The Morgan fingerprint density at radius 1 is 1.36 bits per heavy atom. The molecule has 1 aromatic carbocycles. The van der Waals surface area contributed by atoms with Crippen LogP contribution in [0.3, 0.4) is 0 Å². The molecule has 4 amide bonds. The molecule has 2 aliphatic rings. The zero-order chi connectivity index (χ0) is 18.2. The van der Waals surface area contributed by atoms with Crippen LogP contribution in [-0.4, -0.2) is 41.4 Å². The van der Waals surface area contributed by atoms with E-state index in [9.17, 15) is 19.2 Å². The third-order valence-electron chi connectivity index (χ3n) is 4.65. The molecule has 1 aromatic rings. The second-order valence-electron chi connectivity index (χ2n) is 6.27. The molecule has 8 nitrogen and oxygen atoms in total. The first-order chi connectivity index (χ1) is 11.8. The van der Waals surface area contributed by atoms with Crippen LogP contribution in [0.25, 0.3) is 0 Å². The van der Waals surface area contributed by atoms with E-state index < -0.39 is 42.0 Å². The first-order valence-corrected chi connectivity index (χ1v) is 8.06. The summed E-state index contributed by atoms with van der Waals surface area (Å²) in [6, 6.07) is 6.81. The predicted molar refractivity (Wildman–Crippen MR) is 86.1 cm³/mol. The van der Waals surface area contributed by atoms with Gasteiger partial charge in [-0.1, -0.05) is 24.3 Å². The van der Waals surface area contributed by atoms with Crippen molar-refractivity contribution in [2.45, 2.75) is 37.8 Å². The number of esters is 1. The zero-order valence-electron chi connectivity index (χ0n) is 13.8. The molecular weight excluding hydrogens is 326 g/mol. The normalized spacial score (nSPS) is 23.2. The van der Waals surface area contributed by atoms with Crippen LogP contribution < -0.4 is 11.1 Å². The number of nitrogens with one attached hydrogen (secondary N) is 1. The number of hydrogen-bond acceptors (Lipinski definition) is 5. The molecule has 0 unspecified atom stereocenters. The van der Waals surface area contributed by atoms with E-state index in [1.54, 1.807) is 0 Å². The standard InChI is InChI=1S/C17H19N3O5/c1-10(14(18)22)25-13(21)9-20-15(23)17(19-16(20)24)8-4-6-11-5-2-3-7-12(11)17/h2-3,5,7,10H,4,6,8-9H2,1H3,(H2,18,22)(H,19,24)/t10-,17+/m1/s1. The summed E-state index contributed by atoms with van der Waals surface area (Å²) < 4.78 is 4.83. The number of nitrogens with two attached hydrogens (primary N) is 1. The molecule has 0 radical (unpaired) electrons. The highest BCUT2D eigenvalue weighted by Crippen LogP contribution is 2.39. The fourth-order valence-corrected chi connectivity index (χ4v) is 3.38. The molecule has 132 valence electrons. The van der Waals surface area contributed by atoms with Crippen molar-refractivity contribution in [3.05, 3.63) is 35.4 Å². The van der Waals surface area contributed by atoms with Gasteiger partial charge in [-0.3, -0.25) is 19.3 Å². The van der Waals surface area contributed by atoms with Crippen LogP contribution >= 0.6 is 0 Å². The number of hydrogen-bond donors (Lipinski definition) is 2. The zero-order valence-corrected chi connectivity index (χ0v) is 13.8. The maximum Gasteiger partial charge on any atom is 0.327 e. The van der Waals surface area contributed by atoms with E-state index in [1.807, 2.05) is 24.3 Å². The highest BCUT2D eigenvalue weighted by molar-refractivity contribution is 6.09. The molecule has 8 heteroatoms. The minimum Gasteiger partial charge on any atom is -0.451 e. The number of nitrogens with zero attached hydrogens (tertiary/aromatic N) is 1. The van der Waals surface area contributed by atoms with Gasteiger partial charge in [0.25, 0.3) is 11.8 Å². The lowest BCUT2D eigenvalue weighted by Gasteiger charge is -2.33. The van der Waals surface area contributed by atoms with Crippen molar-refractivity contribution < 1.29 is 23.9 Å². The van der Waals surface area contributed by atoms with Gasteiger partial charge >= 0.3 is 12.0 Å². The first kappa shape index (κ1) is 16.9. The minimum atomic E-state index is -1.14. The number of urea groups is 1. The Balaban J connectivity index is 1.82. The SMILES string of the molecule is C[C@@H](OC(=O)CN1C(=O)N[C@]2(CCCc3ccccc32)C1=O)C(N)=O. The summed E-state index contributed by atoms with van der Waals surface area (Å²) in [5.74, 6) is -2.15. The van der Waals surface area contributed by atoms with Crippen molar-refractivity contribution in [1.82, 2.24) is 10.2 Å². The Kier molecular flexibility index (Phi) is 4.20. The lowest BCUT2D eigenvalue weighted by atomic mass is 9.76. The molecule has 3 rings (SSSR count). The molecule has 1 fully saturated rings. The van der Waals surface area contributed by atoms with Gasteiger partial charge in [-0.15, -0.1) is 0 Å². The molecule has 25 heavy (non-hydrogen) atoms. The Hall–Kier alpha value is -2.90. The predicted octanol–water partition coefficient (Wildman–Crippen LogP) is 0.187. The fraction of sp³-hybridized carbons (Fsp3) is 0.412. The van der Waals surface area contributed by atoms with Gasteiger partial charge in [-0.2, -0.15) is 0 Å². The molecular formula is C17H19N3O5. The Morgan fingerprint density at radius 2 is 2.08 bits per heavy atom. The van der Waals surface area contributed by atoms with Crippen LogP contribution in [0.15, 0.2) is 24.3 Å². The van der Waals surface area contributed by atoms with E-state index in [2.05, 4.69) is 5.32 Å². The molecule has 1 saturated heterocycles. The number of amides is 4. The molecule has 1 aliphatic carbocycles. The molecule has 3 N–H and O–H groups in total. The van der Waals surface area contributed by atoms with Crippen molar-refractivity contribution in [2.24, 2.45) is 5.73 Å². The van der Waals surface area contributed by atoms with E-state index >= 15 is 0 Å². The van der Waals surface area contributed by atoms with E-state index in [0.717, 1.165) is 28.9 Å². The summed E-state index contributed by atoms with van der Waals surface area (Å²) in [5, 5.41) is 2.74. The fourth-order valence-electron chi connectivity index (χ4n) is 3.38. The van der Waals surface area contributed by atoms with Gasteiger partial charge in [-0.05, 0) is 37.3 Å². The van der Waals surface area contributed by atoms with Crippen molar-refractivity contribution in [1.29, 1.82) is 0 Å². The molecule has 1 aliphatic heterocycles. The number of benzene rings is 1. The number of rotatable bonds is 4. The Labute approximate surface area is 144 Å². The lowest BCUT2D eigenvalue weighted by Crippen LogP contribution is -2.47. The molecule has 0 saturated carbocycles. The van der Waals surface area contributed by atoms with Crippen LogP contribution in [-0.2, 0) is 31.1 Å². The van der Waals surface area contributed by atoms with Crippen LogP contribution in [0.4, 0.5) is 4.79 Å². The molecule has 2 atom stereocenters. The summed E-state index contributed by atoms with van der Waals surface area (Å²) >= 11 is 0. The number of fused-ring (bicyclic) bond motifs is 2. The van der Waals surface area contributed by atoms with Crippen LogP contribution in [0.2, 0.25) is 0 Å². The topological polar surface area (TPSA) is 119 Å². The maximum absolute atomic E-state index is 13.0. The number of carbonyl (C=O) groups is 4. The Morgan fingerprint density at radius 3 is 2.80 bits per heavy atom. The van der Waals surface area contributed by atoms with Gasteiger partial charge in [0.2, 0.25) is 0 Å². The highest BCUT2D eigenvalue weighted by Gasteiger charge is 2.54. The van der Waals surface area contributed by atoms with Crippen LogP contribution in [0.5, 0.6) is 0 Å². The summed E-state index contributed by atoms with van der Waals surface area (Å²) in [5.41, 5.74) is 5.67. The largest absolute Gasteiger partial charge is 0.451 e. The van der Waals surface area contributed by atoms with Crippen LogP contribution in [0.1, 0.15) is 30.9 Å². The van der Waals surface area contributed by atoms with Crippen molar-refractivity contribution in [2.75, 3.05) is 6.54 Å². The van der Waals surface area contributed by atoms with E-state index in [0.29, 0.717) is 6.42 Å². The second kappa shape index (κ2) is 6.19. The third-order valence-corrected chi connectivity index (χ3v) is 4.65.